The van der Waals surface area contributed by atoms with Crippen LogP contribution < -0.4 is 5.32 Å². The molecule has 2 fully saturated rings. The number of nitrogens with zero attached hydrogens (tertiary/aromatic N) is 2. The van der Waals surface area contributed by atoms with Crippen molar-refractivity contribution in [2.75, 3.05) is 32.7 Å². The molecule has 2 aromatic carbocycles. The van der Waals surface area contributed by atoms with Crippen LogP contribution in [-0.4, -0.2) is 56.3 Å². The number of piperazine rings is 1. The maximum Gasteiger partial charge on any atom is 0.243 e. The SMILES string of the molecule is Cc1ccc(C)c(S(=O)(=O)N2CCN(CC(=O)NC3(c4ccccc4)CCC3)CC2)c1. The first kappa shape index (κ1) is 22.0. The molecule has 1 heterocycles. The summed E-state index contributed by atoms with van der Waals surface area (Å²) in [7, 11) is -3.52. The number of rotatable bonds is 6. The third-order valence-corrected chi connectivity index (χ3v) is 8.61. The highest BCUT2D eigenvalue weighted by Crippen LogP contribution is 2.41. The van der Waals surface area contributed by atoms with Gasteiger partial charge in [0.25, 0.3) is 0 Å². The molecule has 166 valence electrons. The van der Waals surface area contributed by atoms with Crippen LogP contribution in [0, 0.1) is 13.8 Å². The van der Waals surface area contributed by atoms with Gasteiger partial charge in [0.1, 0.15) is 0 Å². The number of carbonyl (C=O) groups is 1. The van der Waals surface area contributed by atoms with Gasteiger partial charge in [-0.1, -0.05) is 42.5 Å². The second kappa shape index (κ2) is 8.73. The topological polar surface area (TPSA) is 69.7 Å². The van der Waals surface area contributed by atoms with Gasteiger partial charge >= 0.3 is 0 Å². The van der Waals surface area contributed by atoms with Crippen molar-refractivity contribution in [3.63, 3.8) is 0 Å². The quantitative estimate of drug-likeness (QED) is 0.748. The summed E-state index contributed by atoms with van der Waals surface area (Å²) < 4.78 is 27.8. The number of hydrogen-bond donors (Lipinski definition) is 1. The molecule has 1 saturated carbocycles. The summed E-state index contributed by atoms with van der Waals surface area (Å²) in [4.78, 5) is 15.2. The van der Waals surface area contributed by atoms with Crippen molar-refractivity contribution in [3.05, 3.63) is 65.2 Å². The molecule has 0 aromatic heterocycles. The predicted octanol–water partition coefficient (Wildman–Crippen LogP) is 2.81. The summed E-state index contributed by atoms with van der Waals surface area (Å²) in [5.74, 6) is 0.00869. The molecule has 0 spiro atoms. The van der Waals surface area contributed by atoms with E-state index in [2.05, 4.69) is 17.4 Å². The van der Waals surface area contributed by atoms with Gasteiger partial charge in [0.2, 0.25) is 15.9 Å². The van der Waals surface area contributed by atoms with E-state index in [-0.39, 0.29) is 11.4 Å². The molecule has 1 aliphatic heterocycles. The molecule has 6 nitrogen and oxygen atoms in total. The molecule has 0 atom stereocenters. The average Bonchev–Trinajstić information content (AvgIpc) is 2.73. The van der Waals surface area contributed by atoms with Crippen molar-refractivity contribution in [2.24, 2.45) is 0 Å². The maximum atomic E-state index is 13.1. The summed E-state index contributed by atoms with van der Waals surface area (Å²) in [6.45, 7) is 5.92. The second-order valence-corrected chi connectivity index (χ2v) is 10.7. The van der Waals surface area contributed by atoms with Gasteiger partial charge in [-0.2, -0.15) is 4.31 Å². The first-order valence-electron chi connectivity index (χ1n) is 11.0. The Morgan fingerprint density at radius 1 is 1.00 bits per heavy atom. The molecule has 0 unspecified atom stereocenters. The van der Waals surface area contributed by atoms with E-state index in [1.807, 2.05) is 49.1 Å². The van der Waals surface area contributed by atoms with Crippen molar-refractivity contribution in [1.82, 2.24) is 14.5 Å². The number of nitrogens with one attached hydrogen (secondary N) is 1. The van der Waals surface area contributed by atoms with E-state index in [4.69, 9.17) is 0 Å². The van der Waals surface area contributed by atoms with Crippen molar-refractivity contribution < 1.29 is 13.2 Å². The van der Waals surface area contributed by atoms with Crippen LogP contribution in [0.3, 0.4) is 0 Å². The molecule has 2 aromatic rings. The predicted molar refractivity (Wildman–Crippen MR) is 121 cm³/mol. The molecule has 1 saturated heterocycles. The lowest BCUT2D eigenvalue weighted by molar-refractivity contribution is -0.125. The Morgan fingerprint density at radius 3 is 2.29 bits per heavy atom. The van der Waals surface area contributed by atoms with Gasteiger partial charge in [0.05, 0.1) is 17.0 Å². The average molecular weight is 442 g/mol. The fraction of sp³-hybridized carbons (Fsp3) is 0.458. The van der Waals surface area contributed by atoms with Crippen molar-refractivity contribution >= 4 is 15.9 Å². The lowest BCUT2D eigenvalue weighted by Gasteiger charge is -2.43. The third kappa shape index (κ3) is 4.54. The van der Waals surface area contributed by atoms with Crippen LogP contribution in [0.5, 0.6) is 0 Å². The van der Waals surface area contributed by atoms with E-state index in [1.165, 1.54) is 5.56 Å². The Morgan fingerprint density at radius 2 is 1.68 bits per heavy atom. The number of carbonyl (C=O) groups excluding carboxylic acids is 1. The van der Waals surface area contributed by atoms with E-state index in [0.29, 0.717) is 37.6 Å². The van der Waals surface area contributed by atoms with Gasteiger partial charge in [-0.05, 0) is 55.9 Å². The van der Waals surface area contributed by atoms with E-state index < -0.39 is 10.0 Å². The van der Waals surface area contributed by atoms with Gasteiger partial charge in [0, 0.05) is 26.2 Å². The smallest absolute Gasteiger partial charge is 0.243 e. The Kier molecular flexibility index (Phi) is 6.19. The molecular formula is C24H31N3O3S. The molecule has 31 heavy (non-hydrogen) atoms. The van der Waals surface area contributed by atoms with Crippen LogP contribution in [0.1, 0.15) is 36.0 Å². The Labute approximate surface area is 185 Å². The van der Waals surface area contributed by atoms with Gasteiger partial charge in [-0.25, -0.2) is 8.42 Å². The number of aryl methyl sites for hydroxylation is 2. The minimum absolute atomic E-state index is 0.00869. The Hall–Kier alpha value is -2.22. The van der Waals surface area contributed by atoms with Gasteiger partial charge < -0.3 is 5.32 Å². The highest BCUT2D eigenvalue weighted by Gasteiger charge is 2.40. The van der Waals surface area contributed by atoms with Crippen molar-refractivity contribution in [1.29, 1.82) is 0 Å². The molecule has 1 N–H and O–H groups in total. The zero-order chi connectivity index (χ0) is 22.1. The first-order chi connectivity index (χ1) is 14.8. The molecule has 4 rings (SSSR count). The minimum atomic E-state index is -3.52. The van der Waals surface area contributed by atoms with Crippen LogP contribution in [0.15, 0.2) is 53.4 Å². The van der Waals surface area contributed by atoms with Crippen LogP contribution in [-0.2, 0) is 20.4 Å². The summed E-state index contributed by atoms with van der Waals surface area (Å²) in [6.07, 6.45) is 3.04. The number of sulfonamides is 1. The normalized spacial score (nSPS) is 19.5. The zero-order valence-electron chi connectivity index (χ0n) is 18.3. The summed E-state index contributed by atoms with van der Waals surface area (Å²) in [5.41, 5.74) is 2.62. The lowest BCUT2D eigenvalue weighted by atomic mass is 9.72. The molecule has 1 aliphatic carbocycles. The molecular weight excluding hydrogens is 410 g/mol. The lowest BCUT2D eigenvalue weighted by Crippen LogP contribution is -2.55. The maximum absolute atomic E-state index is 13.1. The monoisotopic (exact) mass is 441 g/mol. The van der Waals surface area contributed by atoms with E-state index >= 15 is 0 Å². The molecule has 7 heteroatoms. The standard InChI is InChI=1S/C24H31N3O3S/c1-19-9-10-20(2)22(17-19)31(29,30)27-15-13-26(14-16-27)18-23(28)25-24(11-6-12-24)21-7-4-3-5-8-21/h3-5,7-10,17H,6,11-16,18H2,1-2H3,(H,25,28). The number of hydrogen-bond acceptors (Lipinski definition) is 4. The third-order valence-electron chi connectivity index (χ3n) is 6.57. The largest absolute Gasteiger partial charge is 0.345 e. The number of amides is 1. The summed E-state index contributed by atoms with van der Waals surface area (Å²) >= 11 is 0. The fourth-order valence-electron chi connectivity index (χ4n) is 4.54. The second-order valence-electron chi connectivity index (χ2n) is 8.80. The van der Waals surface area contributed by atoms with E-state index in [9.17, 15) is 13.2 Å². The van der Waals surface area contributed by atoms with E-state index in [1.54, 1.807) is 10.4 Å². The van der Waals surface area contributed by atoms with E-state index in [0.717, 1.165) is 30.4 Å². The van der Waals surface area contributed by atoms with Crippen molar-refractivity contribution in [2.45, 2.75) is 43.5 Å². The summed E-state index contributed by atoms with van der Waals surface area (Å²) in [5, 5.41) is 3.26. The fourth-order valence-corrected chi connectivity index (χ4v) is 6.27. The van der Waals surface area contributed by atoms with Crippen LogP contribution in [0.2, 0.25) is 0 Å². The van der Waals surface area contributed by atoms with Gasteiger partial charge in [-0.15, -0.1) is 0 Å². The van der Waals surface area contributed by atoms with Crippen molar-refractivity contribution in [3.8, 4) is 0 Å². The molecule has 0 radical (unpaired) electrons. The molecule has 1 amide bonds. The van der Waals surface area contributed by atoms with Crippen LogP contribution in [0.25, 0.3) is 0 Å². The minimum Gasteiger partial charge on any atom is -0.345 e. The van der Waals surface area contributed by atoms with Gasteiger partial charge in [0.15, 0.2) is 0 Å². The Bertz CT molecular complexity index is 1040. The highest BCUT2D eigenvalue weighted by atomic mass is 32.2. The Balaban J connectivity index is 1.35. The first-order valence-corrected chi connectivity index (χ1v) is 12.4. The van der Waals surface area contributed by atoms with Gasteiger partial charge in [-0.3, -0.25) is 9.69 Å². The van der Waals surface area contributed by atoms with Crippen LogP contribution in [0.4, 0.5) is 0 Å². The zero-order valence-corrected chi connectivity index (χ0v) is 19.1. The highest BCUT2D eigenvalue weighted by molar-refractivity contribution is 7.89. The summed E-state index contributed by atoms with van der Waals surface area (Å²) in [6, 6.07) is 15.7. The number of benzene rings is 2. The molecule has 0 bridgehead atoms. The van der Waals surface area contributed by atoms with Crippen LogP contribution >= 0.6 is 0 Å². The molecule has 2 aliphatic rings.